The Balaban J connectivity index is 1.86. The molecule has 0 bridgehead atoms. The highest BCUT2D eigenvalue weighted by Gasteiger charge is 2.59. The van der Waals surface area contributed by atoms with Crippen LogP contribution in [-0.2, 0) is 18.9 Å². The van der Waals surface area contributed by atoms with Crippen molar-refractivity contribution >= 4 is 0 Å². The van der Waals surface area contributed by atoms with E-state index < -0.39 is 11.6 Å². The van der Waals surface area contributed by atoms with Gasteiger partial charge < -0.3 is 18.9 Å². The molecule has 92 valence electrons. The molecule has 4 nitrogen and oxygen atoms in total. The lowest BCUT2D eigenvalue weighted by atomic mass is 9.90. The molecule has 3 aliphatic rings. The molecule has 2 spiro atoms. The fraction of sp³-hybridized carbons (Fsp3) is 1.00. The van der Waals surface area contributed by atoms with Gasteiger partial charge in [0.15, 0.2) is 0 Å². The van der Waals surface area contributed by atoms with E-state index in [4.69, 9.17) is 18.9 Å². The average molecular weight is 228 g/mol. The van der Waals surface area contributed by atoms with Crippen LogP contribution in [0.15, 0.2) is 0 Å². The molecule has 0 unspecified atom stereocenters. The van der Waals surface area contributed by atoms with E-state index in [1.807, 2.05) is 0 Å². The lowest BCUT2D eigenvalue weighted by Crippen LogP contribution is -2.66. The predicted octanol–water partition coefficient (Wildman–Crippen LogP) is 1.83. The summed E-state index contributed by atoms with van der Waals surface area (Å²) in [6.07, 6.45) is 6.28. The van der Waals surface area contributed by atoms with Crippen molar-refractivity contribution in [3.63, 3.8) is 0 Å². The van der Waals surface area contributed by atoms with E-state index in [9.17, 15) is 0 Å². The van der Waals surface area contributed by atoms with Crippen LogP contribution < -0.4 is 0 Å². The Morgan fingerprint density at radius 1 is 0.500 bits per heavy atom. The summed E-state index contributed by atoms with van der Waals surface area (Å²) in [7, 11) is 0. The van der Waals surface area contributed by atoms with Crippen LogP contribution >= 0.6 is 0 Å². The molecule has 4 heteroatoms. The van der Waals surface area contributed by atoms with E-state index in [0.29, 0.717) is 13.2 Å². The third kappa shape index (κ3) is 1.59. The molecule has 0 N–H and O–H groups in total. The van der Waals surface area contributed by atoms with Crippen molar-refractivity contribution in [2.24, 2.45) is 0 Å². The second-order valence-corrected chi connectivity index (χ2v) is 4.81. The van der Waals surface area contributed by atoms with Crippen molar-refractivity contribution in [1.82, 2.24) is 0 Å². The van der Waals surface area contributed by atoms with Crippen molar-refractivity contribution in [2.45, 2.75) is 50.1 Å². The summed E-state index contributed by atoms with van der Waals surface area (Å²) in [5.74, 6) is -1.24. The fourth-order valence-corrected chi connectivity index (χ4v) is 3.00. The number of hydrogen-bond acceptors (Lipinski definition) is 4. The molecule has 3 fully saturated rings. The lowest BCUT2D eigenvalue weighted by molar-refractivity contribution is -0.453. The van der Waals surface area contributed by atoms with Crippen molar-refractivity contribution in [3.05, 3.63) is 0 Å². The average Bonchev–Trinajstić information content (AvgIpc) is 2.36. The van der Waals surface area contributed by atoms with E-state index in [1.54, 1.807) is 0 Å². The van der Waals surface area contributed by atoms with Gasteiger partial charge in [-0.25, -0.2) is 0 Å². The van der Waals surface area contributed by atoms with Crippen LogP contribution in [0.3, 0.4) is 0 Å². The first kappa shape index (κ1) is 11.0. The monoisotopic (exact) mass is 228 g/mol. The number of hydrogen-bond donors (Lipinski definition) is 0. The summed E-state index contributed by atoms with van der Waals surface area (Å²) in [6.45, 7) is 2.75. The summed E-state index contributed by atoms with van der Waals surface area (Å²) in [5, 5.41) is 0. The summed E-state index contributed by atoms with van der Waals surface area (Å²) in [4.78, 5) is 0. The van der Waals surface area contributed by atoms with E-state index in [0.717, 1.165) is 51.7 Å². The summed E-state index contributed by atoms with van der Waals surface area (Å²) in [6, 6.07) is 0. The van der Waals surface area contributed by atoms with E-state index >= 15 is 0 Å². The smallest absolute Gasteiger partial charge is 0.223 e. The second kappa shape index (κ2) is 4.26. The van der Waals surface area contributed by atoms with Crippen molar-refractivity contribution in [1.29, 1.82) is 0 Å². The minimum atomic E-state index is -0.621. The fourth-order valence-electron chi connectivity index (χ4n) is 3.00. The van der Waals surface area contributed by atoms with E-state index in [2.05, 4.69) is 0 Å². The number of ether oxygens (including phenoxy) is 4. The molecule has 16 heavy (non-hydrogen) atoms. The van der Waals surface area contributed by atoms with Gasteiger partial charge in [0, 0.05) is 12.8 Å². The molecule has 0 radical (unpaired) electrons. The van der Waals surface area contributed by atoms with Crippen LogP contribution in [0.5, 0.6) is 0 Å². The molecule has 0 saturated carbocycles. The molecular weight excluding hydrogens is 208 g/mol. The zero-order valence-corrected chi connectivity index (χ0v) is 9.70. The Hall–Kier alpha value is -0.160. The maximum Gasteiger partial charge on any atom is 0.223 e. The molecule has 0 aliphatic carbocycles. The van der Waals surface area contributed by atoms with Gasteiger partial charge >= 0.3 is 0 Å². The molecule has 0 aromatic carbocycles. The first-order valence-corrected chi connectivity index (χ1v) is 6.43. The normalized spacial score (nSPS) is 45.0. The van der Waals surface area contributed by atoms with Crippen molar-refractivity contribution < 1.29 is 18.9 Å². The minimum Gasteiger partial charge on any atom is -0.345 e. The Kier molecular flexibility index (Phi) is 2.92. The van der Waals surface area contributed by atoms with Crippen molar-refractivity contribution in [2.75, 3.05) is 26.4 Å². The van der Waals surface area contributed by atoms with E-state index in [-0.39, 0.29) is 0 Å². The summed E-state index contributed by atoms with van der Waals surface area (Å²) in [5.41, 5.74) is 0. The molecule has 0 aromatic heterocycles. The van der Waals surface area contributed by atoms with Crippen LogP contribution in [0.4, 0.5) is 0 Å². The van der Waals surface area contributed by atoms with Crippen LogP contribution in [-0.4, -0.2) is 38.0 Å². The Morgan fingerprint density at radius 3 is 1.31 bits per heavy atom. The van der Waals surface area contributed by atoms with Crippen LogP contribution in [0.1, 0.15) is 38.5 Å². The molecule has 0 aromatic rings. The van der Waals surface area contributed by atoms with Crippen LogP contribution in [0.2, 0.25) is 0 Å². The maximum atomic E-state index is 5.93. The Bertz CT molecular complexity index is 199. The lowest BCUT2D eigenvalue weighted by Gasteiger charge is -2.54. The first-order chi connectivity index (χ1) is 7.87. The molecule has 2 atom stereocenters. The molecule has 3 heterocycles. The quantitative estimate of drug-likeness (QED) is 0.634. The van der Waals surface area contributed by atoms with Gasteiger partial charge in [0.1, 0.15) is 0 Å². The SMILES string of the molecule is C1CC[C@@]2(OC1)OCCO[C@]21CCCCO1. The van der Waals surface area contributed by atoms with Gasteiger partial charge in [0.25, 0.3) is 0 Å². The summed E-state index contributed by atoms with van der Waals surface area (Å²) < 4.78 is 23.7. The van der Waals surface area contributed by atoms with Gasteiger partial charge in [0.2, 0.25) is 11.6 Å². The third-order valence-electron chi connectivity index (χ3n) is 3.81. The van der Waals surface area contributed by atoms with Gasteiger partial charge in [-0.1, -0.05) is 0 Å². The van der Waals surface area contributed by atoms with Gasteiger partial charge in [-0.15, -0.1) is 0 Å². The molecule has 3 aliphatic heterocycles. The Labute approximate surface area is 96.2 Å². The van der Waals surface area contributed by atoms with Crippen molar-refractivity contribution in [3.8, 4) is 0 Å². The summed E-state index contributed by atoms with van der Waals surface area (Å²) >= 11 is 0. The highest BCUT2D eigenvalue weighted by Crippen LogP contribution is 2.46. The highest BCUT2D eigenvalue weighted by molar-refractivity contribution is 4.94. The van der Waals surface area contributed by atoms with Gasteiger partial charge in [0.05, 0.1) is 26.4 Å². The molecule has 3 rings (SSSR count). The topological polar surface area (TPSA) is 36.9 Å². The predicted molar refractivity (Wildman–Crippen MR) is 57.0 cm³/mol. The standard InChI is InChI=1S/C12H20O4/c1-3-7-13-11(5-1)12(16-10-9-15-11)6-2-4-8-14-12/h1-10H2/t11-,12-/m1/s1. The number of rotatable bonds is 0. The van der Waals surface area contributed by atoms with E-state index in [1.165, 1.54) is 0 Å². The van der Waals surface area contributed by atoms with Gasteiger partial charge in [-0.3, -0.25) is 0 Å². The highest BCUT2D eigenvalue weighted by atomic mass is 16.8. The molecule has 0 amide bonds. The zero-order chi connectivity index (χ0) is 10.9. The van der Waals surface area contributed by atoms with Gasteiger partial charge in [-0.2, -0.15) is 0 Å². The maximum absolute atomic E-state index is 5.93. The minimum absolute atomic E-state index is 0.616. The van der Waals surface area contributed by atoms with Crippen LogP contribution in [0, 0.1) is 0 Å². The third-order valence-corrected chi connectivity index (χ3v) is 3.81. The van der Waals surface area contributed by atoms with Crippen LogP contribution in [0.25, 0.3) is 0 Å². The molecular formula is C12H20O4. The largest absolute Gasteiger partial charge is 0.345 e. The Morgan fingerprint density at radius 2 is 0.938 bits per heavy atom. The first-order valence-electron chi connectivity index (χ1n) is 6.43. The number of fused-ring (bicyclic) bond motifs is 1. The second-order valence-electron chi connectivity index (χ2n) is 4.81. The zero-order valence-electron chi connectivity index (χ0n) is 9.70. The van der Waals surface area contributed by atoms with Gasteiger partial charge in [-0.05, 0) is 25.7 Å². The molecule has 3 saturated heterocycles.